The number of benzene rings is 1. The van der Waals surface area contributed by atoms with Gasteiger partial charge in [-0.2, -0.15) is 0 Å². The van der Waals surface area contributed by atoms with Gasteiger partial charge in [0.15, 0.2) is 5.76 Å². The SMILES string of the molecule is CCCN(C(=O)c1ccc(-c2ccccc2Cl)o1)C1CCNCC1.Cl. The third-order valence-electron chi connectivity index (χ3n) is 4.43. The Kier molecular flexibility index (Phi) is 7.36. The van der Waals surface area contributed by atoms with Crippen LogP contribution in [0.3, 0.4) is 0 Å². The molecule has 1 aromatic carbocycles. The summed E-state index contributed by atoms with van der Waals surface area (Å²) in [6.45, 7) is 4.77. The number of furan rings is 1. The standard InChI is InChI=1S/C19H23ClN2O2.ClH/c1-2-13-22(14-9-11-21-12-10-14)19(23)18-8-7-17(24-18)15-5-3-4-6-16(15)20;/h3-8,14,21H,2,9-13H2,1H3;1H. The monoisotopic (exact) mass is 382 g/mol. The molecule has 1 amide bonds. The average molecular weight is 383 g/mol. The quantitative estimate of drug-likeness (QED) is 0.819. The molecule has 3 rings (SSSR count). The Balaban J connectivity index is 0.00000225. The lowest BCUT2D eigenvalue weighted by Gasteiger charge is -2.34. The zero-order chi connectivity index (χ0) is 16.9. The summed E-state index contributed by atoms with van der Waals surface area (Å²) < 4.78 is 5.84. The van der Waals surface area contributed by atoms with E-state index in [0.717, 1.165) is 44.5 Å². The van der Waals surface area contributed by atoms with E-state index in [9.17, 15) is 4.79 Å². The number of carbonyl (C=O) groups is 1. The van der Waals surface area contributed by atoms with Crippen molar-refractivity contribution in [2.45, 2.75) is 32.2 Å². The van der Waals surface area contributed by atoms with Gasteiger partial charge >= 0.3 is 0 Å². The molecule has 1 aromatic heterocycles. The molecular weight excluding hydrogens is 359 g/mol. The lowest BCUT2D eigenvalue weighted by molar-refractivity contribution is 0.0611. The van der Waals surface area contributed by atoms with Crippen LogP contribution in [0.5, 0.6) is 0 Å². The molecule has 25 heavy (non-hydrogen) atoms. The molecule has 1 aliphatic heterocycles. The lowest BCUT2D eigenvalue weighted by atomic mass is 10.0. The van der Waals surface area contributed by atoms with Crippen LogP contribution in [-0.2, 0) is 0 Å². The van der Waals surface area contributed by atoms with Crippen LogP contribution in [0.2, 0.25) is 5.02 Å². The molecule has 0 spiro atoms. The average Bonchev–Trinajstić information content (AvgIpc) is 3.10. The van der Waals surface area contributed by atoms with Gasteiger partial charge in [0.2, 0.25) is 0 Å². The molecule has 136 valence electrons. The van der Waals surface area contributed by atoms with E-state index in [-0.39, 0.29) is 24.4 Å². The van der Waals surface area contributed by atoms with Crippen molar-refractivity contribution in [3.8, 4) is 11.3 Å². The third kappa shape index (κ3) is 4.57. The summed E-state index contributed by atoms with van der Waals surface area (Å²) in [6.07, 6.45) is 2.92. The van der Waals surface area contributed by atoms with Crippen LogP contribution in [0.1, 0.15) is 36.7 Å². The fraction of sp³-hybridized carbons (Fsp3) is 0.421. The molecule has 0 bridgehead atoms. The Hall–Kier alpha value is -1.49. The summed E-state index contributed by atoms with van der Waals surface area (Å²) in [5, 5.41) is 3.97. The molecule has 1 aliphatic rings. The van der Waals surface area contributed by atoms with Gasteiger partial charge in [-0.15, -0.1) is 12.4 Å². The maximum Gasteiger partial charge on any atom is 0.289 e. The summed E-state index contributed by atoms with van der Waals surface area (Å²) in [4.78, 5) is 14.9. The van der Waals surface area contributed by atoms with E-state index < -0.39 is 0 Å². The Labute approximate surface area is 159 Å². The molecule has 1 saturated heterocycles. The van der Waals surface area contributed by atoms with Gasteiger partial charge in [-0.1, -0.05) is 30.7 Å². The van der Waals surface area contributed by atoms with Gasteiger partial charge in [0.05, 0.1) is 5.02 Å². The molecule has 0 atom stereocenters. The number of halogens is 2. The Morgan fingerprint density at radius 3 is 2.64 bits per heavy atom. The van der Waals surface area contributed by atoms with Gasteiger partial charge in [0.1, 0.15) is 5.76 Å². The second kappa shape index (κ2) is 9.27. The minimum Gasteiger partial charge on any atom is -0.451 e. The smallest absolute Gasteiger partial charge is 0.289 e. The summed E-state index contributed by atoms with van der Waals surface area (Å²) in [6, 6.07) is 11.4. The molecule has 0 radical (unpaired) electrons. The molecule has 2 heterocycles. The predicted octanol–water partition coefficient (Wildman–Crippen LogP) is 4.63. The lowest BCUT2D eigenvalue weighted by Crippen LogP contribution is -2.46. The molecule has 0 unspecified atom stereocenters. The first-order valence-corrected chi connectivity index (χ1v) is 8.95. The van der Waals surface area contributed by atoms with Crippen molar-refractivity contribution >= 4 is 29.9 Å². The van der Waals surface area contributed by atoms with Crippen LogP contribution < -0.4 is 5.32 Å². The van der Waals surface area contributed by atoms with Crippen molar-refractivity contribution in [2.24, 2.45) is 0 Å². The second-order valence-corrected chi connectivity index (χ2v) is 6.53. The van der Waals surface area contributed by atoms with Gasteiger partial charge in [0.25, 0.3) is 5.91 Å². The van der Waals surface area contributed by atoms with E-state index in [1.807, 2.05) is 35.2 Å². The zero-order valence-electron chi connectivity index (χ0n) is 14.3. The van der Waals surface area contributed by atoms with Gasteiger partial charge in [-0.05, 0) is 56.6 Å². The fourth-order valence-electron chi connectivity index (χ4n) is 3.21. The molecule has 2 aromatic rings. The Bertz CT molecular complexity index is 696. The molecule has 4 nitrogen and oxygen atoms in total. The van der Waals surface area contributed by atoms with Gasteiger partial charge in [-0.3, -0.25) is 4.79 Å². The number of nitrogens with zero attached hydrogens (tertiary/aromatic N) is 1. The number of rotatable bonds is 5. The Morgan fingerprint density at radius 2 is 1.96 bits per heavy atom. The number of amides is 1. The summed E-state index contributed by atoms with van der Waals surface area (Å²) >= 11 is 6.22. The van der Waals surface area contributed by atoms with Crippen LogP contribution in [0.15, 0.2) is 40.8 Å². The molecule has 1 fully saturated rings. The largest absolute Gasteiger partial charge is 0.451 e. The highest BCUT2D eigenvalue weighted by molar-refractivity contribution is 6.33. The van der Waals surface area contributed by atoms with Crippen LogP contribution in [0.25, 0.3) is 11.3 Å². The van der Waals surface area contributed by atoms with Gasteiger partial charge in [0, 0.05) is 18.2 Å². The topological polar surface area (TPSA) is 45.5 Å². The first kappa shape index (κ1) is 19.8. The molecule has 0 saturated carbocycles. The van der Waals surface area contributed by atoms with E-state index in [0.29, 0.717) is 16.5 Å². The fourth-order valence-corrected chi connectivity index (χ4v) is 3.44. The number of piperidine rings is 1. The Morgan fingerprint density at radius 1 is 1.24 bits per heavy atom. The maximum absolute atomic E-state index is 12.9. The zero-order valence-corrected chi connectivity index (χ0v) is 15.9. The van der Waals surface area contributed by atoms with Crippen LogP contribution >= 0.6 is 24.0 Å². The van der Waals surface area contributed by atoms with Crippen LogP contribution in [0, 0.1) is 0 Å². The third-order valence-corrected chi connectivity index (χ3v) is 4.76. The highest BCUT2D eigenvalue weighted by Crippen LogP contribution is 2.29. The second-order valence-electron chi connectivity index (χ2n) is 6.12. The summed E-state index contributed by atoms with van der Waals surface area (Å²) in [5.41, 5.74) is 0.808. The van der Waals surface area contributed by atoms with Crippen molar-refractivity contribution < 1.29 is 9.21 Å². The van der Waals surface area contributed by atoms with Crippen molar-refractivity contribution in [3.05, 3.63) is 47.2 Å². The normalized spacial score (nSPS) is 14.8. The highest BCUT2D eigenvalue weighted by atomic mass is 35.5. The molecule has 6 heteroatoms. The minimum atomic E-state index is -0.0259. The first-order chi connectivity index (χ1) is 11.7. The number of carbonyl (C=O) groups excluding carboxylic acids is 1. The highest BCUT2D eigenvalue weighted by Gasteiger charge is 2.27. The molecular formula is C19H24Cl2N2O2. The van der Waals surface area contributed by atoms with E-state index in [1.165, 1.54) is 0 Å². The predicted molar refractivity (Wildman–Crippen MR) is 104 cm³/mol. The summed E-state index contributed by atoms with van der Waals surface area (Å²) in [5.74, 6) is 0.990. The van der Waals surface area contributed by atoms with E-state index in [4.69, 9.17) is 16.0 Å². The number of hydrogen-bond acceptors (Lipinski definition) is 3. The van der Waals surface area contributed by atoms with Crippen molar-refractivity contribution in [2.75, 3.05) is 19.6 Å². The van der Waals surface area contributed by atoms with Crippen LogP contribution in [-0.4, -0.2) is 36.5 Å². The van der Waals surface area contributed by atoms with Gasteiger partial charge in [-0.25, -0.2) is 0 Å². The van der Waals surface area contributed by atoms with Crippen LogP contribution in [0.4, 0.5) is 0 Å². The van der Waals surface area contributed by atoms with Crippen molar-refractivity contribution in [1.82, 2.24) is 10.2 Å². The first-order valence-electron chi connectivity index (χ1n) is 8.57. The van der Waals surface area contributed by atoms with E-state index in [1.54, 1.807) is 6.07 Å². The maximum atomic E-state index is 12.9. The molecule has 1 N–H and O–H groups in total. The van der Waals surface area contributed by atoms with E-state index >= 15 is 0 Å². The van der Waals surface area contributed by atoms with E-state index in [2.05, 4.69) is 12.2 Å². The number of nitrogens with one attached hydrogen (secondary N) is 1. The minimum absolute atomic E-state index is 0. The number of hydrogen-bond donors (Lipinski definition) is 1. The van der Waals surface area contributed by atoms with Crippen molar-refractivity contribution in [1.29, 1.82) is 0 Å². The molecule has 0 aliphatic carbocycles. The van der Waals surface area contributed by atoms with Gasteiger partial charge < -0.3 is 14.6 Å². The summed E-state index contributed by atoms with van der Waals surface area (Å²) in [7, 11) is 0. The van der Waals surface area contributed by atoms with Crippen molar-refractivity contribution in [3.63, 3.8) is 0 Å².